The van der Waals surface area contributed by atoms with Gasteiger partial charge in [0, 0.05) is 44.6 Å². The van der Waals surface area contributed by atoms with E-state index in [-0.39, 0.29) is 18.7 Å². The molecule has 0 aliphatic carbocycles. The van der Waals surface area contributed by atoms with Crippen LogP contribution < -0.4 is 5.32 Å². The molecule has 0 radical (unpaired) electrons. The van der Waals surface area contributed by atoms with E-state index in [0.29, 0.717) is 13.0 Å². The Balaban J connectivity index is 2.28. The molecule has 1 rings (SSSR count). The first-order valence-electron chi connectivity index (χ1n) is 6.66. The Morgan fingerprint density at radius 2 is 2.32 bits per heavy atom. The van der Waals surface area contributed by atoms with Crippen molar-refractivity contribution in [2.75, 3.05) is 20.2 Å². The molecule has 0 aliphatic heterocycles. The molecule has 2 N–H and O–H groups in total. The number of hydrogen-bond acceptors (Lipinski definition) is 3. The van der Waals surface area contributed by atoms with Crippen molar-refractivity contribution in [2.45, 2.75) is 32.2 Å². The summed E-state index contributed by atoms with van der Waals surface area (Å²) in [7, 11) is 1.77. The van der Waals surface area contributed by atoms with Crippen LogP contribution in [-0.4, -0.2) is 47.3 Å². The summed E-state index contributed by atoms with van der Waals surface area (Å²) >= 11 is 0. The molecular formula is C14H23N3O2. The van der Waals surface area contributed by atoms with Crippen LogP contribution in [-0.2, 0) is 6.42 Å². The highest BCUT2D eigenvalue weighted by Crippen LogP contribution is 1.99. The van der Waals surface area contributed by atoms with Crippen molar-refractivity contribution in [3.05, 3.63) is 30.1 Å². The molecule has 19 heavy (non-hydrogen) atoms. The van der Waals surface area contributed by atoms with Crippen molar-refractivity contribution in [3.63, 3.8) is 0 Å². The van der Waals surface area contributed by atoms with E-state index < -0.39 is 0 Å². The van der Waals surface area contributed by atoms with Gasteiger partial charge in [-0.1, -0.05) is 6.07 Å². The number of nitrogens with one attached hydrogen (secondary N) is 1. The third-order valence-corrected chi connectivity index (χ3v) is 2.94. The number of aromatic nitrogens is 1. The van der Waals surface area contributed by atoms with E-state index in [9.17, 15) is 4.79 Å². The predicted molar refractivity (Wildman–Crippen MR) is 74.9 cm³/mol. The van der Waals surface area contributed by atoms with Crippen molar-refractivity contribution in [1.82, 2.24) is 15.2 Å². The summed E-state index contributed by atoms with van der Waals surface area (Å²) in [6.07, 6.45) is 4.00. The molecule has 0 saturated carbocycles. The fraction of sp³-hybridized carbons (Fsp3) is 0.571. The van der Waals surface area contributed by atoms with Gasteiger partial charge in [0.05, 0.1) is 0 Å². The van der Waals surface area contributed by atoms with E-state index in [2.05, 4.69) is 10.3 Å². The summed E-state index contributed by atoms with van der Waals surface area (Å²) in [6, 6.07) is 5.77. The number of likely N-dealkylation sites (N-methyl/N-ethyl adjacent to an activating group) is 1. The van der Waals surface area contributed by atoms with Gasteiger partial charge < -0.3 is 15.3 Å². The summed E-state index contributed by atoms with van der Waals surface area (Å²) in [5, 5.41) is 11.6. The van der Waals surface area contributed by atoms with Crippen LogP contribution in [0.3, 0.4) is 0 Å². The number of carbonyl (C=O) groups is 1. The van der Waals surface area contributed by atoms with Crippen LogP contribution in [0.4, 0.5) is 4.79 Å². The monoisotopic (exact) mass is 265 g/mol. The second kappa shape index (κ2) is 8.48. The highest BCUT2D eigenvalue weighted by Gasteiger charge is 2.11. The van der Waals surface area contributed by atoms with Gasteiger partial charge in [0.25, 0.3) is 0 Å². The highest BCUT2D eigenvalue weighted by atomic mass is 16.3. The SMILES string of the molecule is CC(CCCO)NC(=O)N(C)CCc1ccccn1. The Morgan fingerprint density at radius 3 is 2.95 bits per heavy atom. The molecule has 0 saturated heterocycles. The van der Waals surface area contributed by atoms with Gasteiger partial charge in [-0.05, 0) is 31.9 Å². The largest absolute Gasteiger partial charge is 0.396 e. The van der Waals surface area contributed by atoms with Gasteiger partial charge >= 0.3 is 6.03 Å². The van der Waals surface area contributed by atoms with E-state index in [1.54, 1.807) is 18.1 Å². The fourth-order valence-corrected chi connectivity index (χ4v) is 1.72. The first-order valence-corrected chi connectivity index (χ1v) is 6.66. The number of nitrogens with zero attached hydrogens (tertiary/aromatic N) is 2. The maximum atomic E-state index is 11.9. The molecule has 2 amide bonds. The molecule has 0 spiro atoms. The van der Waals surface area contributed by atoms with Crippen molar-refractivity contribution >= 4 is 6.03 Å². The minimum absolute atomic E-state index is 0.0805. The second-order valence-electron chi connectivity index (χ2n) is 4.71. The molecule has 0 bridgehead atoms. The van der Waals surface area contributed by atoms with Crippen LogP contribution in [0.15, 0.2) is 24.4 Å². The number of carbonyl (C=O) groups excluding carboxylic acids is 1. The fourth-order valence-electron chi connectivity index (χ4n) is 1.72. The van der Waals surface area contributed by atoms with Crippen LogP contribution >= 0.6 is 0 Å². The van der Waals surface area contributed by atoms with Crippen molar-refractivity contribution < 1.29 is 9.90 Å². The first-order chi connectivity index (χ1) is 9.13. The van der Waals surface area contributed by atoms with E-state index in [1.165, 1.54) is 0 Å². The lowest BCUT2D eigenvalue weighted by Gasteiger charge is -2.21. The predicted octanol–water partition coefficient (Wildman–Crippen LogP) is 1.43. The molecule has 106 valence electrons. The van der Waals surface area contributed by atoms with Crippen LogP contribution in [0, 0.1) is 0 Å². The van der Waals surface area contributed by atoms with Crippen LogP contribution in [0.25, 0.3) is 0 Å². The standard InChI is InChI=1S/C14H23N3O2/c1-12(6-5-11-18)16-14(19)17(2)10-8-13-7-3-4-9-15-13/h3-4,7,9,12,18H,5-6,8,10-11H2,1-2H3,(H,16,19). The Morgan fingerprint density at radius 1 is 1.53 bits per heavy atom. The van der Waals surface area contributed by atoms with Gasteiger partial charge in [0.15, 0.2) is 0 Å². The van der Waals surface area contributed by atoms with Crippen molar-refractivity contribution in [2.24, 2.45) is 0 Å². The van der Waals surface area contributed by atoms with E-state index in [1.807, 2.05) is 25.1 Å². The Bertz CT molecular complexity index is 370. The molecule has 5 nitrogen and oxygen atoms in total. The lowest BCUT2D eigenvalue weighted by atomic mass is 10.2. The zero-order valence-electron chi connectivity index (χ0n) is 11.7. The maximum absolute atomic E-state index is 11.9. The van der Waals surface area contributed by atoms with Crippen LogP contribution in [0.2, 0.25) is 0 Å². The molecule has 1 unspecified atom stereocenters. The summed E-state index contributed by atoms with van der Waals surface area (Å²) in [6.45, 7) is 2.74. The number of amides is 2. The number of aliphatic hydroxyl groups excluding tert-OH is 1. The van der Waals surface area contributed by atoms with Crippen LogP contribution in [0.5, 0.6) is 0 Å². The average molecular weight is 265 g/mol. The third kappa shape index (κ3) is 6.20. The van der Waals surface area contributed by atoms with Gasteiger partial charge in [-0.2, -0.15) is 0 Å². The summed E-state index contributed by atoms with van der Waals surface area (Å²) in [5.41, 5.74) is 0.982. The molecular weight excluding hydrogens is 242 g/mol. The van der Waals surface area contributed by atoms with Gasteiger partial charge in [0.1, 0.15) is 0 Å². The van der Waals surface area contributed by atoms with Gasteiger partial charge in [-0.25, -0.2) is 4.79 Å². The molecule has 5 heteroatoms. The zero-order chi connectivity index (χ0) is 14.1. The first kappa shape index (κ1) is 15.4. The van der Waals surface area contributed by atoms with Gasteiger partial charge in [-0.3, -0.25) is 4.98 Å². The van der Waals surface area contributed by atoms with Crippen molar-refractivity contribution in [1.29, 1.82) is 0 Å². The number of rotatable bonds is 7. The molecule has 0 aliphatic rings. The minimum atomic E-state index is -0.0821. The lowest BCUT2D eigenvalue weighted by Crippen LogP contribution is -2.42. The normalized spacial score (nSPS) is 11.9. The molecule has 1 aromatic rings. The Hall–Kier alpha value is -1.62. The van der Waals surface area contributed by atoms with Crippen LogP contribution in [0.1, 0.15) is 25.5 Å². The second-order valence-corrected chi connectivity index (χ2v) is 4.71. The number of pyridine rings is 1. The summed E-state index contributed by atoms with van der Waals surface area (Å²) in [4.78, 5) is 17.8. The number of aliphatic hydroxyl groups is 1. The minimum Gasteiger partial charge on any atom is -0.396 e. The van der Waals surface area contributed by atoms with E-state index in [0.717, 1.165) is 18.5 Å². The third-order valence-electron chi connectivity index (χ3n) is 2.94. The van der Waals surface area contributed by atoms with Crippen molar-refractivity contribution in [3.8, 4) is 0 Å². The van der Waals surface area contributed by atoms with E-state index >= 15 is 0 Å². The Labute approximate surface area is 114 Å². The molecule has 0 aromatic carbocycles. The summed E-state index contributed by atoms with van der Waals surface area (Å²) < 4.78 is 0. The topological polar surface area (TPSA) is 65.5 Å². The zero-order valence-corrected chi connectivity index (χ0v) is 11.7. The quantitative estimate of drug-likeness (QED) is 0.783. The molecule has 1 heterocycles. The summed E-state index contributed by atoms with van der Waals surface area (Å²) in [5.74, 6) is 0. The number of hydrogen-bond donors (Lipinski definition) is 2. The molecule has 0 fully saturated rings. The number of urea groups is 1. The van der Waals surface area contributed by atoms with Gasteiger partial charge in [-0.15, -0.1) is 0 Å². The highest BCUT2D eigenvalue weighted by molar-refractivity contribution is 5.74. The lowest BCUT2D eigenvalue weighted by molar-refractivity contribution is 0.203. The van der Waals surface area contributed by atoms with E-state index in [4.69, 9.17) is 5.11 Å². The average Bonchev–Trinajstić information content (AvgIpc) is 2.43. The Kier molecular flexibility index (Phi) is 6.89. The smallest absolute Gasteiger partial charge is 0.317 e. The van der Waals surface area contributed by atoms with Gasteiger partial charge in [0.2, 0.25) is 0 Å². The molecule has 1 atom stereocenters. The molecule has 1 aromatic heterocycles. The maximum Gasteiger partial charge on any atom is 0.317 e.